The average molecular weight is 284 g/mol. The molecule has 0 fully saturated rings. The molecule has 1 aromatic carbocycles. The van der Waals surface area contributed by atoms with E-state index in [1.54, 1.807) is 31.4 Å². The van der Waals surface area contributed by atoms with Crippen LogP contribution in [0, 0.1) is 0 Å². The summed E-state index contributed by atoms with van der Waals surface area (Å²) in [6.07, 6.45) is 2.63. The van der Waals surface area contributed by atoms with Crippen LogP contribution in [0.1, 0.15) is 13.3 Å². The molecule has 1 rings (SSSR count). The summed E-state index contributed by atoms with van der Waals surface area (Å²) in [4.78, 5) is 11.6. The SMILES string of the molecule is CCC=C(Br)C(=O)Nc1ccc(OC)cc1. The number of hydrogen-bond acceptors (Lipinski definition) is 2. The number of hydrogen-bond donors (Lipinski definition) is 1. The molecule has 86 valence electrons. The van der Waals surface area contributed by atoms with E-state index in [1.807, 2.05) is 13.0 Å². The maximum Gasteiger partial charge on any atom is 0.262 e. The third kappa shape index (κ3) is 3.70. The molecule has 0 spiro atoms. The number of benzene rings is 1. The number of anilines is 1. The lowest BCUT2D eigenvalue weighted by Crippen LogP contribution is -2.11. The monoisotopic (exact) mass is 283 g/mol. The molecule has 0 aromatic heterocycles. The van der Waals surface area contributed by atoms with Gasteiger partial charge in [-0.2, -0.15) is 0 Å². The van der Waals surface area contributed by atoms with Gasteiger partial charge in [-0.15, -0.1) is 0 Å². The van der Waals surface area contributed by atoms with Crippen molar-refractivity contribution in [1.29, 1.82) is 0 Å². The Morgan fingerprint density at radius 1 is 1.44 bits per heavy atom. The van der Waals surface area contributed by atoms with Crippen molar-refractivity contribution in [2.45, 2.75) is 13.3 Å². The van der Waals surface area contributed by atoms with Gasteiger partial charge in [-0.25, -0.2) is 0 Å². The highest BCUT2D eigenvalue weighted by molar-refractivity contribution is 9.12. The maximum absolute atomic E-state index is 11.6. The molecule has 0 unspecified atom stereocenters. The lowest BCUT2D eigenvalue weighted by Gasteiger charge is -2.05. The van der Waals surface area contributed by atoms with Crippen LogP contribution in [-0.2, 0) is 4.79 Å². The molecule has 1 amide bonds. The first-order valence-corrected chi connectivity index (χ1v) is 5.77. The van der Waals surface area contributed by atoms with E-state index in [2.05, 4.69) is 21.2 Å². The van der Waals surface area contributed by atoms with Gasteiger partial charge in [-0.05, 0) is 46.6 Å². The molecule has 0 atom stereocenters. The quantitative estimate of drug-likeness (QED) is 0.861. The zero-order chi connectivity index (χ0) is 12.0. The third-order valence-corrected chi connectivity index (χ3v) is 2.63. The Hall–Kier alpha value is -1.29. The number of allylic oxidation sites excluding steroid dienone is 1. The predicted octanol–water partition coefficient (Wildman–Crippen LogP) is 3.32. The molecular formula is C12H14BrNO2. The zero-order valence-electron chi connectivity index (χ0n) is 9.29. The molecule has 1 aromatic rings. The van der Waals surface area contributed by atoms with Gasteiger partial charge in [0.2, 0.25) is 0 Å². The molecule has 0 saturated heterocycles. The Morgan fingerprint density at radius 2 is 2.06 bits per heavy atom. The largest absolute Gasteiger partial charge is 0.497 e. The fraction of sp³-hybridized carbons (Fsp3) is 0.250. The molecular weight excluding hydrogens is 270 g/mol. The van der Waals surface area contributed by atoms with Crippen LogP contribution in [0.2, 0.25) is 0 Å². The van der Waals surface area contributed by atoms with Crippen LogP contribution in [-0.4, -0.2) is 13.0 Å². The normalized spacial score (nSPS) is 11.1. The van der Waals surface area contributed by atoms with E-state index in [0.717, 1.165) is 17.9 Å². The van der Waals surface area contributed by atoms with E-state index in [9.17, 15) is 4.79 Å². The van der Waals surface area contributed by atoms with E-state index in [1.165, 1.54) is 0 Å². The van der Waals surface area contributed by atoms with Crippen LogP contribution >= 0.6 is 15.9 Å². The first kappa shape index (κ1) is 12.8. The standard InChI is InChI=1S/C12H14BrNO2/c1-3-4-11(13)12(15)14-9-5-7-10(16-2)8-6-9/h4-8H,3H2,1-2H3,(H,14,15). The van der Waals surface area contributed by atoms with E-state index < -0.39 is 0 Å². The summed E-state index contributed by atoms with van der Waals surface area (Å²) in [5.74, 6) is 0.619. The number of amides is 1. The summed E-state index contributed by atoms with van der Waals surface area (Å²) >= 11 is 3.21. The Balaban J connectivity index is 2.66. The Morgan fingerprint density at radius 3 is 2.56 bits per heavy atom. The van der Waals surface area contributed by atoms with Gasteiger partial charge in [0.1, 0.15) is 5.75 Å². The van der Waals surface area contributed by atoms with Crippen LogP contribution in [0.4, 0.5) is 5.69 Å². The molecule has 0 aliphatic carbocycles. The minimum Gasteiger partial charge on any atom is -0.497 e. The Bertz CT molecular complexity index is 385. The van der Waals surface area contributed by atoms with Crippen molar-refractivity contribution in [3.63, 3.8) is 0 Å². The summed E-state index contributed by atoms with van der Waals surface area (Å²) in [6, 6.07) is 7.19. The third-order valence-electron chi connectivity index (χ3n) is 1.95. The topological polar surface area (TPSA) is 38.3 Å². The van der Waals surface area contributed by atoms with E-state index in [0.29, 0.717) is 4.48 Å². The van der Waals surface area contributed by atoms with Crippen LogP contribution in [0.3, 0.4) is 0 Å². The smallest absolute Gasteiger partial charge is 0.262 e. The summed E-state index contributed by atoms with van der Waals surface area (Å²) in [5.41, 5.74) is 0.743. The average Bonchev–Trinajstić information content (AvgIpc) is 2.30. The number of ether oxygens (including phenoxy) is 1. The second kappa shape index (κ2) is 6.33. The van der Waals surface area contributed by atoms with Gasteiger partial charge in [0, 0.05) is 5.69 Å². The highest BCUT2D eigenvalue weighted by atomic mass is 79.9. The highest BCUT2D eigenvalue weighted by Gasteiger charge is 2.05. The van der Waals surface area contributed by atoms with Crippen molar-refractivity contribution in [1.82, 2.24) is 0 Å². The lowest BCUT2D eigenvalue weighted by molar-refractivity contribution is -0.112. The number of halogens is 1. The van der Waals surface area contributed by atoms with E-state index in [4.69, 9.17) is 4.74 Å². The Labute approximate surface area is 104 Å². The van der Waals surface area contributed by atoms with Crippen molar-refractivity contribution in [2.75, 3.05) is 12.4 Å². The van der Waals surface area contributed by atoms with Gasteiger partial charge >= 0.3 is 0 Å². The summed E-state index contributed by atoms with van der Waals surface area (Å²) < 4.78 is 5.57. The number of nitrogens with one attached hydrogen (secondary N) is 1. The second-order valence-corrected chi connectivity index (χ2v) is 4.00. The second-order valence-electron chi connectivity index (χ2n) is 3.14. The van der Waals surface area contributed by atoms with Gasteiger partial charge in [0.05, 0.1) is 11.6 Å². The number of rotatable bonds is 4. The molecule has 0 saturated carbocycles. The van der Waals surface area contributed by atoms with Gasteiger partial charge in [-0.3, -0.25) is 4.79 Å². The molecule has 0 bridgehead atoms. The molecule has 1 N–H and O–H groups in total. The van der Waals surface area contributed by atoms with E-state index in [-0.39, 0.29) is 5.91 Å². The van der Waals surface area contributed by atoms with E-state index >= 15 is 0 Å². The fourth-order valence-corrected chi connectivity index (χ4v) is 1.56. The molecule has 0 radical (unpaired) electrons. The van der Waals surface area contributed by atoms with Crippen LogP contribution in [0.5, 0.6) is 5.75 Å². The minimum absolute atomic E-state index is 0.146. The van der Waals surface area contributed by atoms with Gasteiger partial charge in [0.15, 0.2) is 0 Å². The number of carbonyl (C=O) groups is 1. The Kier molecular flexibility index (Phi) is 5.05. The number of carbonyl (C=O) groups excluding carboxylic acids is 1. The fourth-order valence-electron chi connectivity index (χ4n) is 1.14. The van der Waals surface area contributed by atoms with Crippen molar-refractivity contribution < 1.29 is 9.53 Å². The van der Waals surface area contributed by atoms with Crippen LogP contribution in [0.25, 0.3) is 0 Å². The van der Waals surface area contributed by atoms with Crippen LogP contribution < -0.4 is 10.1 Å². The summed E-state index contributed by atoms with van der Waals surface area (Å²) in [6.45, 7) is 1.97. The molecule has 0 heterocycles. The van der Waals surface area contributed by atoms with Gasteiger partial charge in [-0.1, -0.05) is 13.0 Å². The lowest BCUT2D eigenvalue weighted by atomic mass is 10.3. The van der Waals surface area contributed by atoms with Gasteiger partial charge in [0.25, 0.3) is 5.91 Å². The zero-order valence-corrected chi connectivity index (χ0v) is 10.9. The minimum atomic E-state index is -0.146. The summed E-state index contributed by atoms with van der Waals surface area (Å²) in [5, 5.41) is 2.77. The predicted molar refractivity (Wildman–Crippen MR) is 68.9 cm³/mol. The first-order chi connectivity index (χ1) is 7.67. The van der Waals surface area contributed by atoms with Crippen molar-refractivity contribution >= 4 is 27.5 Å². The van der Waals surface area contributed by atoms with Crippen molar-refractivity contribution in [3.05, 3.63) is 34.8 Å². The highest BCUT2D eigenvalue weighted by Crippen LogP contribution is 2.16. The van der Waals surface area contributed by atoms with Crippen molar-refractivity contribution in [3.8, 4) is 5.75 Å². The molecule has 4 heteroatoms. The molecule has 0 aliphatic heterocycles. The van der Waals surface area contributed by atoms with Crippen molar-refractivity contribution in [2.24, 2.45) is 0 Å². The number of methoxy groups -OCH3 is 1. The molecule has 16 heavy (non-hydrogen) atoms. The maximum atomic E-state index is 11.6. The first-order valence-electron chi connectivity index (χ1n) is 4.98. The van der Waals surface area contributed by atoms with Gasteiger partial charge < -0.3 is 10.1 Å². The molecule has 0 aliphatic rings. The summed E-state index contributed by atoms with van der Waals surface area (Å²) in [7, 11) is 1.61. The molecule has 3 nitrogen and oxygen atoms in total. The van der Waals surface area contributed by atoms with Crippen LogP contribution in [0.15, 0.2) is 34.8 Å².